The van der Waals surface area contributed by atoms with Crippen molar-refractivity contribution in [2.24, 2.45) is 0 Å². The number of hydrogen-bond acceptors (Lipinski definition) is 7. The van der Waals surface area contributed by atoms with Crippen molar-refractivity contribution < 1.29 is 19.7 Å². The molecule has 7 rings (SSSR count). The van der Waals surface area contributed by atoms with Gasteiger partial charge in [-0.3, -0.25) is 14.8 Å². The third-order valence-corrected chi connectivity index (χ3v) is 11.3. The lowest BCUT2D eigenvalue weighted by atomic mass is 9.78. The number of nitrogens with zero attached hydrogens (tertiary/aromatic N) is 3. The molecular formula is C45H51N3O4. The first kappa shape index (κ1) is 35.9. The summed E-state index contributed by atoms with van der Waals surface area (Å²) in [5, 5.41) is 25.6. The first-order valence-electron chi connectivity index (χ1n) is 18.5. The van der Waals surface area contributed by atoms with E-state index in [4.69, 9.17) is 14.5 Å². The molecule has 0 saturated carbocycles. The van der Waals surface area contributed by atoms with E-state index in [0.29, 0.717) is 13.1 Å². The topological polar surface area (TPSA) is 78.3 Å². The quantitative estimate of drug-likeness (QED) is 0.140. The summed E-state index contributed by atoms with van der Waals surface area (Å²) in [5.41, 5.74) is 5.37. The highest BCUT2D eigenvalue weighted by atomic mass is 16.5. The largest absolute Gasteiger partial charge is 0.497 e. The number of ether oxygens (including phenoxy) is 2. The molecule has 0 spiro atoms. The number of aryl methyl sites for hydroxylation is 2. The average molecular weight is 698 g/mol. The second-order valence-corrected chi connectivity index (χ2v) is 14.6. The first-order valence-corrected chi connectivity index (χ1v) is 18.5. The Labute approximate surface area is 308 Å². The van der Waals surface area contributed by atoms with E-state index in [1.165, 1.54) is 11.1 Å². The molecule has 270 valence electrons. The molecule has 2 aliphatic heterocycles. The molecule has 7 nitrogen and oxygen atoms in total. The maximum absolute atomic E-state index is 12.8. The van der Waals surface area contributed by atoms with Crippen LogP contribution in [0.3, 0.4) is 0 Å². The fourth-order valence-electron chi connectivity index (χ4n) is 8.51. The second-order valence-electron chi connectivity index (χ2n) is 14.6. The molecule has 1 aromatic heterocycles. The minimum atomic E-state index is -1.26. The Morgan fingerprint density at radius 3 is 1.25 bits per heavy atom. The van der Waals surface area contributed by atoms with E-state index in [1.54, 1.807) is 14.2 Å². The van der Waals surface area contributed by atoms with Crippen LogP contribution in [0.25, 0.3) is 0 Å². The molecule has 3 heterocycles. The van der Waals surface area contributed by atoms with Crippen molar-refractivity contribution in [3.63, 3.8) is 0 Å². The monoisotopic (exact) mass is 697 g/mol. The minimum absolute atomic E-state index is 0.102. The normalized spacial score (nSPS) is 18.5. The van der Waals surface area contributed by atoms with Crippen molar-refractivity contribution in [2.45, 2.75) is 75.9 Å². The van der Waals surface area contributed by atoms with Crippen molar-refractivity contribution >= 4 is 0 Å². The van der Waals surface area contributed by atoms with Gasteiger partial charge in [-0.2, -0.15) is 0 Å². The first-order chi connectivity index (χ1) is 25.2. The summed E-state index contributed by atoms with van der Waals surface area (Å²) in [4.78, 5) is 10.0. The van der Waals surface area contributed by atoms with Crippen LogP contribution in [0, 0.1) is 13.8 Å². The van der Waals surface area contributed by atoms with Gasteiger partial charge < -0.3 is 19.7 Å². The highest BCUT2D eigenvalue weighted by molar-refractivity contribution is 5.44. The van der Waals surface area contributed by atoms with Crippen molar-refractivity contribution in [1.82, 2.24) is 14.8 Å². The standard InChI is InChI=1S/C45H51N3O4/c1-32-12-16-34(17-13-32)44(49,35-18-14-33(2)15-19-35)42-10-6-28-47(42)30-38-8-5-9-39(46-38)31-48-29-7-11-43(48)45(50,36-20-24-40(51-3)25-21-36)37-22-26-41(52-4)27-23-37/h5,8-9,12-27,42-43,49-50H,6-7,10-11,28-31H2,1-4H3/t42-,43-/m0/s1. The lowest BCUT2D eigenvalue weighted by molar-refractivity contribution is -0.00770. The summed E-state index contributed by atoms with van der Waals surface area (Å²) in [6.45, 7) is 7.18. The van der Waals surface area contributed by atoms with Gasteiger partial charge in [-0.15, -0.1) is 0 Å². The number of aliphatic hydroxyl groups is 2. The molecule has 2 fully saturated rings. The number of rotatable bonds is 12. The molecule has 2 saturated heterocycles. The van der Waals surface area contributed by atoms with Gasteiger partial charge in [0.25, 0.3) is 0 Å². The molecule has 2 aliphatic rings. The van der Waals surface area contributed by atoms with Gasteiger partial charge in [0.1, 0.15) is 22.7 Å². The molecule has 0 bridgehead atoms. The number of aromatic nitrogens is 1. The van der Waals surface area contributed by atoms with Gasteiger partial charge in [-0.25, -0.2) is 0 Å². The summed E-state index contributed by atoms with van der Waals surface area (Å²) in [6.07, 6.45) is 3.73. The van der Waals surface area contributed by atoms with Crippen LogP contribution in [0.1, 0.15) is 70.5 Å². The third kappa shape index (κ3) is 6.98. The summed E-state index contributed by atoms with van der Waals surface area (Å²) in [7, 11) is 3.31. The number of likely N-dealkylation sites (tertiary alicyclic amines) is 2. The van der Waals surface area contributed by atoms with Gasteiger partial charge in [0, 0.05) is 25.2 Å². The van der Waals surface area contributed by atoms with Crippen LogP contribution in [-0.2, 0) is 24.3 Å². The zero-order chi connectivity index (χ0) is 36.3. The van der Waals surface area contributed by atoms with Crippen molar-refractivity contribution in [2.75, 3.05) is 27.3 Å². The Kier molecular flexibility index (Phi) is 10.5. The van der Waals surface area contributed by atoms with E-state index >= 15 is 0 Å². The fraction of sp³-hybridized carbons (Fsp3) is 0.356. The van der Waals surface area contributed by atoms with Crippen LogP contribution in [0.15, 0.2) is 115 Å². The van der Waals surface area contributed by atoms with E-state index in [2.05, 4.69) is 90.4 Å². The molecule has 0 unspecified atom stereocenters. The van der Waals surface area contributed by atoms with Crippen LogP contribution in [0.4, 0.5) is 0 Å². The highest BCUT2D eigenvalue weighted by Gasteiger charge is 2.47. The smallest absolute Gasteiger partial charge is 0.130 e. The molecule has 52 heavy (non-hydrogen) atoms. The lowest BCUT2D eigenvalue weighted by Gasteiger charge is -2.40. The van der Waals surface area contributed by atoms with Crippen molar-refractivity contribution in [3.8, 4) is 11.5 Å². The van der Waals surface area contributed by atoms with Crippen LogP contribution < -0.4 is 9.47 Å². The summed E-state index contributed by atoms with van der Waals surface area (Å²) >= 11 is 0. The molecular weight excluding hydrogens is 647 g/mol. The summed E-state index contributed by atoms with van der Waals surface area (Å²) in [6, 6.07) is 38.3. The number of pyridine rings is 1. The number of benzene rings is 4. The van der Waals surface area contributed by atoms with Crippen molar-refractivity contribution in [3.05, 3.63) is 160 Å². The van der Waals surface area contributed by atoms with Crippen LogP contribution in [0.2, 0.25) is 0 Å². The highest BCUT2D eigenvalue weighted by Crippen LogP contribution is 2.43. The van der Waals surface area contributed by atoms with Gasteiger partial charge in [0.2, 0.25) is 0 Å². The molecule has 0 aliphatic carbocycles. The predicted octanol–water partition coefficient (Wildman–Crippen LogP) is 7.52. The van der Waals surface area contributed by atoms with E-state index in [1.807, 2.05) is 48.5 Å². The Morgan fingerprint density at radius 1 is 0.558 bits per heavy atom. The maximum atomic E-state index is 12.8. The van der Waals surface area contributed by atoms with Crippen LogP contribution in [-0.4, -0.2) is 64.4 Å². The Balaban J connectivity index is 1.15. The predicted molar refractivity (Wildman–Crippen MR) is 205 cm³/mol. The average Bonchev–Trinajstić information content (AvgIpc) is 3.85. The molecule has 5 aromatic rings. The van der Waals surface area contributed by atoms with E-state index in [9.17, 15) is 10.2 Å². The lowest BCUT2D eigenvalue weighted by Crippen LogP contribution is -2.48. The van der Waals surface area contributed by atoms with Crippen LogP contribution in [0.5, 0.6) is 11.5 Å². The number of hydrogen-bond donors (Lipinski definition) is 2. The zero-order valence-corrected chi connectivity index (χ0v) is 30.8. The van der Waals surface area contributed by atoms with Gasteiger partial charge >= 0.3 is 0 Å². The Hall–Kier alpha value is -4.53. The van der Waals surface area contributed by atoms with Crippen molar-refractivity contribution in [1.29, 1.82) is 0 Å². The SMILES string of the molecule is COc1ccc(C(O)(c2ccc(OC)cc2)[C@@H]2CCCN2Cc2cccc(CN3CCC[C@H]3C(O)(c3ccc(C)cc3)c3ccc(C)cc3)n2)cc1. The summed E-state index contributed by atoms with van der Waals surface area (Å²) < 4.78 is 10.9. The van der Waals surface area contributed by atoms with Gasteiger partial charge in [0.05, 0.1) is 25.6 Å². The Bertz CT molecular complexity index is 1830. The third-order valence-electron chi connectivity index (χ3n) is 11.3. The molecule has 2 N–H and O–H groups in total. The van der Waals surface area contributed by atoms with Gasteiger partial charge in [0.15, 0.2) is 0 Å². The van der Waals surface area contributed by atoms with E-state index in [-0.39, 0.29) is 12.1 Å². The second kappa shape index (κ2) is 15.2. The Morgan fingerprint density at radius 2 is 0.904 bits per heavy atom. The maximum Gasteiger partial charge on any atom is 0.130 e. The molecule has 7 heteroatoms. The van der Waals surface area contributed by atoms with Gasteiger partial charge in [-0.05, 0) is 111 Å². The zero-order valence-electron chi connectivity index (χ0n) is 30.8. The molecule has 4 aromatic carbocycles. The van der Waals surface area contributed by atoms with Gasteiger partial charge in [-0.1, -0.05) is 90.0 Å². The fourth-order valence-corrected chi connectivity index (χ4v) is 8.51. The molecule has 0 amide bonds. The van der Waals surface area contributed by atoms with E-state index < -0.39 is 11.2 Å². The van der Waals surface area contributed by atoms with E-state index in [0.717, 1.165) is 83.9 Å². The van der Waals surface area contributed by atoms with Crippen LogP contribution >= 0.6 is 0 Å². The summed E-state index contributed by atoms with van der Waals surface area (Å²) in [5.74, 6) is 1.50. The minimum Gasteiger partial charge on any atom is -0.497 e. The molecule has 2 atom stereocenters. The molecule has 0 radical (unpaired) electrons. The number of methoxy groups -OCH3 is 2.